The van der Waals surface area contributed by atoms with Gasteiger partial charge in [-0.1, -0.05) is 30.3 Å². The van der Waals surface area contributed by atoms with Crippen LogP contribution in [-0.4, -0.2) is 58.2 Å². The van der Waals surface area contributed by atoms with Gasteiger partial charge in [0.05, 0.1) is 6.61 Å². The van der Waals surface area contributed by atoms with Crippen LogP contribution in [0.5, 0.6) is 5.88 Å². The molecular weight excluding hydrogens is 443 g/mol. The summed E-state index contributed by atoms with van der Waals surface area (Å²) in [4.78, 5) is 17.0. The number of aromatic nitrogens is 2. The van der Waals surface area contributed by atoms with Gasteiger partial charge in [-0.3, -0.25) is 4.57 Å². The zero-order valence-electron chi connectivity index (χ0n) is 19.5. The Hall–Kier alpha value is -1.76. The van der Waals surface area contributed by atoms with Crippen molar-refractivity contribution >= 4 is 29.2 Å². The van der Waals surface area contributed by atoms with E-state index < -0.39 is 41.8 Å². The minimum absolute atomic E-state index is 0.337. The van der Waals surface area contributed by atoms with Gasteiger partial charge in [-0.05, 0) is 44.7 Å². The van der Waals surface area contributed by atoms with Gasteiger partial charge < -0.3 is 22.9 Å². The molecule has 2 fully saturated rings. The third-order valence-electron chi connectivity index (χ3n) is 5.09. The number of fused-ring (bicyclic) bond motifs is 1. The third kappa shape index (κ3) is 5.41. The molecular formula is C21H31BN2O6Si2. The molecule has 0 aliphatic carbocycles. The van der Waals surface area contributed by atoms with Crippen LogP contribution in [0.4, 0.5) is 0 Å². The molecule has 32 heavy (non-hydrogen) atoms. The first-order valence-electron chi connectivity index (χ1n) is 10.9. The molecule has 1 aromatic carbocycles. The average Bonchev–Trinajstić information content (AvgIpc) is 3.25. The van der Waals surface area contributed by atoms with E-state index in [9.17, 15) is 4.79 Å². The van der Waals surface area contributed by atoms with Crippen molar-refractivity contribution in [3.05, 3.63) is 53.1 Å². The Labute approximate surface area is 191 Å². The lowest BCUT2D eigenvalue weighted by atomic mass is 9.79. The quantitative estimate of drug-likeness (QED) is 0.570. The van der Waals surface area contributed by atoms with E-state index in [1.54, 1.807) is 12.3 Å². The van der Waals surface area contributed by atoms with Crippen LogP contribution in [0, 0.1) is 0 Å². The minimum Gasteiger partial charge on any atom is -0.531 e. The predicted molar refractivity (Wildman–Crippen MR) is 127 cm³/mol. The van der Waals surface area contributed by atoms with Crippen molar-refractivity contribution in [1.29, 1.82) is 0 Å². The molecule has 4 atom stereocenters. The molecule has 0 amide bonds. The van der Waals surface area contributed by atoms with E-state index in [1.165, 1.54) is 4.57 Å². The number of ether oxygens (including phenoxy) is 1. The Balaban J connectivity index is 1.59. The highest BCUT2D eigenvalue weighted by Crippen LogP contribution is 2.38. The molecule has 172 valence electrons. The third-order valence-corrected chi connectivity index (χ3v) is 6.94. The fourth-order valence-corrected chi connectivity index (χ4v) is 5.16. The van der Waals surface area contributed by atoms with Crippen LogP contribution in [0.15, 0.2) is 47.4 Å². The standard InChI is InChI=1S/C21H31BN2O6Si2/c1-31(2,3)26-14-16-18-19(29-22(28-18)15-10-8-7-9-11-15)20(27-16)24-13-12-17(23-21(24)25)30-32(4,5)6/h7-13,16,18-20H,14H2,1-6H3/t16-,18-,19-,20-/m1/s1. The van der Waals surface area contributed by atoms with Gasteiger partial charge in [-0.15, -0.1) is 0 Å². The van der Waals surface area contributed by atoms with E-state index in [4.69, 9.17) is 22.9 Å². The fraction of sp³-hybridized carbons (Fsp3) is 0.524. The summed E-state index contributed by atoms with van der Waals surface area (Å²) in [5, 5.41) is 0. The van der Waals surface area contributed by atoms with Gasteiger partial charge in [0.2, 0.25) is 14.2 Å². The van der Waals surface area contributed by atoms with Gasteiger partial charge in [0.25, 0.3) is 0 Å². The number of nitrogens with zero attached hydrogens (tertiary/aromatic N) is 2. The van der Waals surface area contributed by atoms with Crippen molar-refractivity contribution in [2.24, 2.45) is 0 Å². The van der Waals surface area contributed by atoms with Crippen LogP contribution in [-0.2, 0) is 18.5 Å². The average molecular weight is 474 g/mol. The summed E-state index contributed by atoms with van der Waals surface area (Å²) in [5.41, 5.74) is 0.484. The summed E-state index contributed by atoms with van der Waals surface area (Å²) >= 11 is 0. The smallest absolute Gasteiger partial charge is 0.494 e. The van der Waals surface area contributed by atoms with Crippen molar-refractivity contribution < 1.29 is 22.9 Å². The van der Waals surface area contributed by atoms with Crippen LogP contribution in [0.25, 0.3) is 0 Å². The maximum atomic E-state index is 12.9. The molecule has 0 radical (unpaired) electrons. The molecule has 0 saturated carbocycles. The van der Waals surface area contributed by atoms with Crippen molar-refractivity contribution in [1.82, 2.24) is 9.55 Å². The molecule has 0 bridgehead atoms. The maximum Gasteiger partial charge on any atom is 0.494 e. The van der Waals surface area contributed by atoms with Crippen LogP contribution in [0.1, 0.15) is 6.23 Å². The summed E-state index contributed by atoms with van der Waals surface area (Å²) in [7, 11) is -4.16. The van der Waals surface area contributed by atoms with Crippen molar-refractivity contribution in [2.75, 3.05) is 6.61 Å². The molecule has 0 spiro atoms. The number of benzene rings is 1. The minimum atomic E-state index is -1.88. The summed E-state index contributed by atoms with van der Waals surface area (Å²) in [6, 6.07) is 11.5. The second-order valence-corrected chi connectivity index (χ2v) is 19.0. The summed E-state index contributed by atoms with van der Waals surface area (Å²) in [5.74, 6) is 0.337. The molecule has 0 N–H and O–H groups in total. The lowest BCUT2D eigenvalue weighted by molar-refractivity contribution is -0.0580. The van der Waals surface area contributed by atoms with E-state index in [0.29, 0.717) is 12.5 Å². The topological polar surface area (TPSA) is 81.0 Å². The molecule has 4 rings (SSSR count). The van der Waals surface area contributed by atoms with Gasteiger partial charge in [0.1, 0.15) is 18.3 Å². The number of hydrogen-bond acceptors (Lipinski definition) is 7. The number of rotatable bonds is 7. The Morgan fingerprint density at radius 3 is 2.31 bits per heavy atom. The lowest BCUT2D eigenvalue weighted by Gasteiger charge is -2.24. The second kappa shape index (κ2) is 8.88. The van der Waals surface area contributed by atoms with Crippen molar-refractivity contribution in [2.45, 2.75) is 63.8 Å². The van der Waals surface area contributed by atoms with Crippen molar-refractivity contribution in [3.63, 3.8) is 0 Å². The Morgan fingerprint density at radius 2 is 1.69 bits per heavy atom. The maximum absolute atomic E-state index is 12.9. The summed E-state index contributed by atoms with van der Waals surface area (Å²) in [6.45, 7) is 12.9. The Morgan fingerprint density at radius 1 is 1.00 bits per heavy atom. The van der Waals surface area contributed by atoms with E-state index in [1.807, 2.05) is 50.0 Å². The molecule has 2 saturated heterocycles. The van der Waals surface area contributed by atoms with Gasteiger partial charge in [-0.25, -0.2) is 4.79 Å². The van der Waals surface area contributed by atoms with Crippen LogP contribution in [0.3, 0.4) is 0 Å². The lowest BCUT2D eigenvalue weighted by Crippen LogP contribution is -2.39. The molecule has 2 aliphatic heterocycles. The van der Waals surface area contributed by atoms with E-state index in [-0.39, 0.29) is 12.2 Å². The molecule has 1 aromatic heterocycles. The highest BCUT2D eigenvalue weighted by molar-refractivity contribution is 6.70. The summed E-state index contributed by atoms with van der Waals surface area (Å²) < 4.78 is 32.2. The Kier molecular flexibility index (Phi) is 6.49. The number of hydrogen-bond donors (Lipinski definition) is 0. The molecule has 8 nitrogen and oxygen atoms in total. The van der Waals surface area contributed by atoms with E-state index in [2.05, 4.69) is 24.6 Å². The molecule has 2 aromatic rings. The second-order valence-electron chi connectivity index (χ2n) is 10.1. The van der Waals surface area contributed by atoms with Gasteiger partial charge >= 0.3 is 12.8 Å². The monoisotopic (exact) mass is 474 g/mol. The molecule has 2 aliphatic rings. The molecule has 11 heteroatoms. The predicted octanol–water partition coefficient (Wildman–Crippen LogP) is 2.39. The zero-order valence-corrected chi connectivity index (χ0v) is 21.5. The normalized spacial score (nSPS) is 25.8. The Bertz CT molecular complexity index is 994. The van der Waals surface area contributed by atoms with E-state index in [0.717, 1.165) is 5.46 Å². The highest BCUT2D eigenvalue weighted by atomic mass is 28.4. The fourth-order valence-electron chi connectivity index (χ4n) is 3.75. The van der Waals surface area contributed by atoms with Crippen LogP contribution < -0.4 is 15.6 Å². The first kappa shape index (κ1) is 23.4. The molecule has 3 heterocycles. The van der Waals surface area contributed by atoms with Crippen LogP contribution in [0.2, 0.25) is 39.3 Å². The highest BCUT2D eigenvalue weighted by Gasteiger charge is 2.55. The van der Waals surface area contributed by atoms with E-state index >= 15 is 0 Å². The van der Waals surface area contributed by atoms with Crippen molar-refractivity contribution in [3.8, 4) is 5.88 Å². The summed E-state index contributed by atoms with van der Waals surface area (Å²) in [6.07, 6.45) is -0.168. The van der Waals surface area contributed by atoms with Gasteiger partial charge in [-0.2, -0.15) is 4.98 Å². The first-order valence-corrected chi connectivity index (χ1v) is 17.8. The zero-order chi connectivity index (χ0) is 23.1. The first-order chi connectivity index (χ1) is 15.0. The van der Waals surface area contributed by atoms with Gasteiger partial charge in [0, 0.05) is 12.3 Å². The largest absolute Gasteiger partial charge is 0.531 e. The van der Waals surface area contributed by atoms with Crippen LogP contribution >= 0.6 is 0 Å². The SMILES string of the molecule is C[Si](C)(C)OC[C@H]1O[C@@H](n2ccc(O[Si](C)(C)C)nc2=O)[C@@H]2OB(c3ccccc3)O[C@@H]21. The van der Waals surface area contributed by atoms with Gasteiger partial charge in [0.15, 0.2) is 14.5 Å². The molecule has 0 unspecified atom stereocenters.